The fourth-order valence-corrected chi connectivity index (χ4v) is 3.74. The number of pyridine rings is 1. The molecule has 3 atom stereocenters. The summed E-state index contributed by atoms with van der Waals surface area (Å²) in [5, 5.41) is 3.01. The molecule has 0 spiro atoms. The maximum Gasteiger partial charge on any atom is 0.269 e. The molecule has 3 N–H and O–H groups in total. The standard InChI is InChI=1S/C15H19N3OS/c16-14(20)11-3-4-13(17-7-11)15(19)18-8-12-6-9-1-2-10(12)5-9/h3-4,7,9-10,12H,1-2,5-6,8H2,(H2,16,20)(H,18,19). The van der Waals surface area contributed by atoms with Crippen LogP contribution in [0, 0.1) is 17.8 Å². The Hall–Kier alpha value is -1.49. The molecule has 1 amide bonds. The van der Waals surface area contributed by atoms with Crippen LogP contribution in [0.1, 0.15) is 41.7 Å². The van der Waals surface area contributed by atoms with Crippen molar-refractivity contribution in [3.63, 3.8) is 0 Å². The number of carbonyl (C=O) groups excluding carboxylic acids is 1. The number of amides is 1. The predicted octanol–water partition coefficient (Wildman–Crippen LogP) is 1.88. The summed E-state index contributed by atoms with van der Waals surface area (Å²) in [6.45, 7) is 0.777. The van der Waals surface area contributed by atoms with Gasteiger partial charge in [-0.2, -0.15) is 0 Å². The highest BCUT2D eigenvalue weighted by Crippen LogP contribution is 2.47. The lowest BCUT2D eigenvalue weighted by Gasteiger charge is -2.21. The molecule has 0 aromatic carbocycles. The minimum Gasteiger partial charge on any atom is -0.389 e. The molecule has 5 heteroatoms. The average Bonchev–Trinajstić information content (AvgIpc) is 3.07. The topological polar surface area (TPSA) is 68.0 Å². The Labute approximate surface area is 124 Å². The van der Waals surface area contributed by atoms with E-state index in [4.69, 9.17) is 18.0 Å². The molecule has 0 aliphatic heterocycles. The summed E-state index contributed by atoms with van der Waals surface area (Å²) in [5.74, 6) is 2.28. The van der Waals surface area contributed by atoms with Gasteiger partial charge in [0.25, 0.3) is 5.91 Å². The average molecular weight is 289 g/mol. The maximum atomic E-state index is 12.1. The van der Waals surface area contributed by atoms with Gasteiger partial charge in [-0.15, -0.1) is 0 Å². The van der Waals surface area contributed by atoms with Gasteiger partial charge in [-0.3, -0.25) is 9.78 Å². The van der Waals surface area contributed by atoms with E-state index in [1.807, 2.05) is 0 Å². The van der Waals surface area contributed by atoms with Gasteiger partial charge in [-0.05, 0) is 49.1 Å². The van der Waals surface area contributed by atoms with Crippen molar-refractivity contribution in [2.75, 3.05) is 6.54 Å². The van der Waals surface area contributed by atoms with Gasteiger partial charge >= 0.3 is 0 Å². The van der Waals surface area contributed by atoms with Crippen LogP contribution in [0.5, 0.6) is 0 Å². The van der Waals surface area contributed by atoms with Gasteiger partial charge in [-0.25, -0.2) is 0 Å². The van der Waals surface area contributed by atoms with Crippen molar-refractivity contribution in [3.8, 4) is 0 Å². The van der Waals surface area contributed by atoms with E-state index >= 15 is 0 Å². The predicted molar refractivity (Wildman–Crippen MR) is 81.4 cm³/mol. The van der Waals surface area contributed by atoms with Gasteiger partial charge in [0.2, 0.25) is 0 Å². The molecule has 1 aromatic rings. The third kappa shape index (κ3) is 2.68. The molecule has 2 saturated carbocycles. The van der Waals surface area contributed by atoms with Crippen LogP contribution in [0.15, 0.2) is 18.3 Å². The summed E-state index contributed by atoms with van der Waals surface area (Å²) in [6, 6.07) is 3.41. The van der Waals surface area contributed by atoms with Crippen molar-refractivity contribution >= 4 is 23.1 Å². The molecule has 3 rings (SSSR count). The fraction of sp³-hybridized carbons (Fsp3) is 0.533. The van der Waals surface area contributed by atoms with Crippen LogP contribution in [0.2, 0.25) is 0 Å². The van der Waals surface area contributed by atoms with Crippen LogP contribution in [-0.2, 0) is 0 Å². The van der Waals surface area contributed by atoms with E-state index in [0.717, 1.165) is 18.4 Å². The van der Waals surface area contributed by atoms with E-state index in [1.54, 1.807) is 18.3 Å². The van der Waals surface area contributed by atoms with Gasteiger partial charge in [0.05, 0.1) is 0 Å². The molecule has 106 valence electrons. The minimum absolute atomic E-state index is 0.109. The van der Waals surface area contributed by atoms with Crippen LogP contribution in [-0.4, -0.2) is 22.4 Å². The molecule has 1 aromatic heterocycles. The van der Waals surface area contributed by atoms with Gasteiger partial charge in [0, 0.05) is 18.3 Å². The number of thiocarbonyl (C=S) groups is 1. The number of carbonyl (C=O) groups is 1. The maximum absolute atomic E-state index is 12.1. The number of rotatable bonds is 4. The monoisotopic (exact) mass is 289 g/mol. The number of hydrogen-bond acceptors (Lipinski definition) is 3. The SMILES string of the molecule is NC(=S)c1ccc(C(=O)NCC2CC3CCC2C3)nc1. The van der Waals surface area contributed by atoms with E-state index < -0.39 is 0 Å². The first-order chi connectivity index (χ1) is 9.63. The van der Waals surface area contributed by atoms with Crippen molar-refractivity contribution in [2.45, 2.75) is 25.7 Å². The summed E-state index contributed by atoms with van der Waals surface area (Å²) in [4.78, 5) is 16.5. The Bertz CT molecular complexity index is 528. The van der Waals surface area contributed by atoms with Gasteiger partial charge < -0.3 is 11.1 Å². The molecule has 0 saturated heterocycles. The lowest BCUT2D eigenvalue weighted by atomic mass is 9.89. The second kappa shape index (κ2) is 5.48. The first-order valence-electron chi connectivity index (χ1n) is 7.17. The van der Waals surface area contributed by atoms with E-state index in [1.165, 1.54) is 25.7 Å². The highest BCUT2D eigenvalue weighted by molar-refractivity contribution is 7.80. The van der Waals surface area contributed by atoms with Crippen molar-refractivity contribution in [2.24, 2.45) is 23.5 Å². The van der Waals surface area contributed by atoms with E-state index in [0.29, 0.717) is 22.2 Å². The number of nitrogens with two attached hydrogens (primary N) is 1. The molecule has 3 unspecified atom stereocenters. The van der Waals surface area contributed by atoms with E-state index in [-0.39, 0.29) is 5.91 Å². The Balaban J connectivity index is 1.55. The Kier molecular flexibility index (Phi) is 3.70. The minimum atomic E-state index is -0.109. The van der Waals surface area contributed by atoms with Crippen LogP contribution < -0.4 is 11.1 Å². The highest BCUT2D eigenvalue weighted by atomic mass is 32.1. The zero-order valence-electron chi connectivity index (χ0n) is 11.3. The Morgan fingerprint density at radius 3 is 2.80 bits per heavy atom. The normalized spacial score (nSPS) is 27.5. The zero-order chi connectivity index (χ0) is 14.1. The molecule has 4 nitrogen and oxygen atoms in total. The fourth-order valence-electron chi connectivity index (χ4n) is 3.61. The number of nitrogens with one attached hydrogen (secondary N) is 1. The van der Waals surface area contributed by atoms with Gasteiger partial charge in [-0.1, -0.05) is 18.6 Å². The van der Waals surface area contributed by atoms with Crippen LogP contribution in [0.4, 0.5) is 0 Å². The molecular formula is C15H19N3OS. The summed E-state index contributed by atoms with van der Waals surface area (Å²) in [5.41, 5.74) is 6.62. The molecule has 2 fully saturated rings. The lowest BCUT2D eigenvalue weighted by molar-refractivity contribution is 0.0937. The van der Waals surface area contributed by atoms with Crippen molar-refractivity contribution in [1.82, 2.24) is 10.3 Å². The van der Waals surface area contributed by atoms with Crippen molar-refractivity contribution in [1.29, 1.82) is 0 Å². The molecule has 20 heavy (non-hydrogen) atoms. The molecular weight excluding hydrogens is 270 g/mol. The highest BCUT2D eigenvalue weighted by Gasteiger charge is 2.39. The van der Waals surface area contributed by atoms with E-state index in [2.05, 4.69) is 10.3 Å². The Morgan fingerprint density at radius 1 is 1.40 bits per heavy atom. The zero-order valence-corrected chi connectivity index (χ0v) is 12.2. The number of nitrogens with zero attached hydrogens (tertiary/aromatic N) is 1. The molecule has 2 aliphatic carbocycles. The first kappa shape index (κ1) is 13.5. The van der Waals surface area contributed by atoms with E-state index in [9.17, 15) is 4.79 Å². The van der Waals surface area contributed by atoms with Gasteiger partial charge in [0.1, 0.15) is 10.7 Å². The first-order valence-corrected chi connectivity index (χ1v) is 7.58. The summed E-state index contributed by atoms with van der Waals surface area (Å²) < 4.78 is 0. The third-order valence-corrected chi connectivity index (χ3v) is 4.93. The lowest BCUT2D eigenvalue weighted by Crippen LogP contribution is -2.32. The Morgan fingerprint density at radius 2 is 2.25 bits per heavy atom. The number of hydrogen-bond donors (Lipinski definition) is 2. The molecule has 2 bridgehead atoms. The van der Waals surface area contributed by atoms with Crippen molar-refractivity contribution in [3.05, 3.63) is 29.6 Å². The van der Waals surface area contributed by atoms with Gasteiger partial charge in [0.15, 0.2) is 0 Å². The summed E-state index contributed by atoms with van der Waals surface area (Å²) in [7, 11) is 0. The molecule has 0 radical (unpaired) electrons. The quantitative estimate of drug-likeness (QED) is 0.831. The summed E-state index contributed by atoms with van der Waals surface area (Å²) >= 11 is 4.86. The smallest absolute Gasteiger partial charge is 0.269 e. The van der Waals surface area contributed by atoms with Crippen molar-refractivity contribution < 1.29 is 4.79 Å². The summed E-state index contributed by atoms with van der Waals surface area (Å²) in [6.07, 6.45) is 6.91. The molecule has 1 heterocycles. The second-order valence-electron chi connectivity index (χ2n) is 5.94. The second-order valence-corrected chi connectivity index (χ2v) is 6.38. The third-order valence-electron chi connectivity index (χ3n) is 4.69. The van der Waals surface area contributed by atoms with Crippen LogP contribution in [0.25, 0.3) is 0 Å². The van der Waals surface area contributed by atoms with Crippen LogP contribution in [0.3, 0.4) is 0 Å². The van der Waals surface area contributed by atoms with Crippen LogP contribution >= 0.6 is 12.2 Å². The molecule has 2 aliphatic rings. The largest absolute Gasteiger partial charge is 0.389 e. The number of aromatic nitrogens is 1. The number of fused-ring (bicyclic) bond motifs is 2.